The summed E-state index contributed by atoms with van der Waals surface area (Å²) in [4.78, 5) is 14.1. The molecule has 3 aromatic heterocycles. The number of nitriles is 1. The van der Waals surface area contributed by atoms with Gasteiger partial charge < -0.3 is 14.8 Å². The van der Waals surface area contributed by atoms with E-state index in [4.69, 9.17) is 0 Å². The summed E-state index contributed by atoms with van der Waals surface area (Å²) in [6, 6.07) is 10.4. The monoisotopic (exact) mass is 686 g/mol. The average molecular weight is 687 g/mol. The van der Waals surface area contributed by atoms with Gasteiger partial charge in [-0.1, -0.05) is 6.07 Å². The molecular formula is C32H37F3N8O2S2. The molecule has 3 fully saturated rings. The van der Waals surface area contributed by atoms with E-state index in [1.54, 1.807) is 10.4 Å². The Morgan fingerprint density at radius 1 is 1.06 bits per heavy atom. The fourth-order valence-electron chi connectivity index (χ4n) is 7.44. The Morgan fingerprint density at radius 2 is 1.81 bits per heavy atom. The molecule has 1 N–H and O–H groups in total. The summed E-state index contributed by atoms with van der Waals surface area (Å²) >= 11 is 1.06. The highest BCUT2D eigenvalue weighted by molar-refractivity contribution is 7.88. The van der Waals surface area contributed by atoms with E-state index in [0.717, 1.165) is 74.3 Å². The molecule has 6 heterocycles. The van der Waals surface area contributed by atoms with E-state index in [1.807, 2.05) is 6.07 Å². The Balaban J connectivity index is 0.950. The SMILES string of the molecule is Cc1c(CN2CCC(Nc3ncnc4sc(CC(F)(F)F)cc34)CC2)ccc2c1cc(C#N)n2CCN1CC2(C1)CN(S(C)(=O)=O)C2. The fourth-order valence-corrected chi connectivity index (χ4v) is 9.48. The van der Waals surface area contributed by atoms with Gasteiger partial charge in [0, 0.05) is 86.1 Å². The van der Waals surface area contributed by atoms with Crippen molar-refractivity contribution in [1.82, 2.24) is 28.6 Å². The Kier molecular flexibility index (Phi) is 8.23. The smallest absolute Gasteiger partial charge is 0.367 e. The minimum Gasteiger partial charge on any atom is -0.367 e. The number of nitrogens with zero attached hydrogens (tertiary/aromatic N) is 7. The third-order valence-corrected chi connectivity index (χ3v) is 12.1. The van der Waals surface area contributed by atoms with Crippen molar-refractivity contribution in [3.8, 4) is 6.07 Å². The highest BCUT2D eigenvalue weighted by Crippen LogP contribution is 2.41. The van der Waals surface area contributed by atoms with Gasteiger partial charge in [0.25, 0.3) is 0 Å². The van der Waals surface area contributed by atoms with E-state index >= 15 is 0 Å². The van der Waals surface area contributed by atoms with Gasteiger partial charge in [-0.3, -0.25) is 4.90 Å². The number of anilines is 1. The largest absolute Gasteiger partial charge is 0.393 e. The van der Waals surface area contributed by atoms with Crippen molar-refractivity contribution in [2.75, 3.05) is 57.4 Å². The summed E-state index contributed by atoms with van der Waals surface area (Å²) in [5.74, 6) is 0.590. The summed E-state index contributed by atoms with van der Waals surface area (Å²) in [7, 11) is -3.12. The van der Waals surface area contributed by atoms with Gasteiger partial charge in [-0.2, -0.15) is 18.4 Å². The van der Waals surface area contributed by atoms with Crippen molar-refractivity contribution in [1.29, 1.82) is 5.26 Å². The van der Waals surface area contributed by atoms with E-state index < -0.39 is 22.6 Å². The average Bonchev–Trinajstić information content (AvgIpc) is 3.53. The van der Waals surface area contributed by atoms with Crippen LogP contribution in [0.5, 0.6) is 0 Å². The molecule has 3 saturated heterocycles. The molecular weight excluding hydrogens is 650 g/mol. The van der Waals surface area contributed by atoms with Crippen molar-refractivity contribution >= 4 is 48.3 Å². The van der Waals surface area contributed by atoms with Crippen LogP contribution in [0.4, 0.5) is 19.0 Å². The van der Waals surface area contributed by atoms with Gasteiger partial charge in [-0.15, -0.1) is 11.3 Å². The van der Waals surface area contributed by atoms with E-state index in [2.05, 4.69) is 54.8 Å². The van der Waals surface area contributed by atoms with Gasteiger partial charge in [0.2, 0.25) is 10.0 Å². The topological polar surface area (TPSA) is 110 Å². The first-order chi connectivity index (χ1) is 22.3. The number of piperidine rings is 1. The number of sulfonamides is 1. The summed E-state index contributed by atoms with van der Waals surface area (Å²) in [5.41, 5.74) is 4.18. The van der Waals surface area contributed by atoms with Gasteiger partial charge in [0.15, 0.2) is 0 Å². The van der Waals surface area contributed by atoms with Gasteiger partial charge in [-0.05, 0) is 49.1 Å². The minimum absolute atomic E-state index is 0.0893. The second-order valence-corrected chi connectivity index (χ2v) is 16.6. The number of fused-ring (bicyclic) bond motifs is 2. The van der Waals surface area contributed by atoms with Crippen LogP contribution in [0.25, 0.3) is 21.1 Å². The van der Waals surface area contributed by atoms with Crippen LogP contribution in [0.15, 0.2) is 30.6 Å². The number of likely N-dealkylation sites (tertiary alicyclic amines) is 2. The molecule has 0 radical (unpaired) electrons. The standard InChI is InChI=1S/C32H37F3N8O2S2/c1-21-22(15-40-7-5-23(6-8-40)39-29-27-12-25(13-32(33,34)35)46-30(27)38-20-37-29)3-4-28-26(21)11-24(14-36)43(28)10-9-41-16-31(17-41)18-42(19-31)47(2,44)45/h3-4,11-12,20,23H,5-10,13,15-19H2,1-2H3,(H,37,38,39). The lowest BCUT2D eigenvalue weighted by Crippen LogP contribution is -2.72. The molecule has 250 valence electrons. The van der Waals surface area contributed by atoms with Crippen molar-refractivity contribution in [3.05, 3.63) is 52.3 Å². The maximum Gasteiger partial charge on any atom is 0.393 e. The molecule has 0 atom stereocenters. The highest BCUT2D eigenvalue weighted by atomic mass is 32.2. The van der Waals surface area contributed by atoms with Crippen LogP contribution in [0, 0.1) is 23.7 Å². The van der Waals surface area contributed by atoms with Gasteiger partial charge in [0.05, 0.1) is 18.1 Å². The fraction of sp³-hybridized carbons (Fsp3) is 0.531. The molecule has 7 rings (SSSR count). The first kappa shape index (κ1) is 32.3. The van der Waals surface area contributed by atoms with Gasteiger partial charge in [-0.25, -0.2) is 22.7 Å². The van der Waals surface area contributed by atoms with E-state index in [-0.39, 0.29) is 16.3 Å². The predicted molar refractivity (Wildman–Crippen MR) is 176 cm³/mol. The third-order valence-electron chi connectivity index (χ3n) is 9.91. The number of rotatable bonds is 9. The van der Waals surface area contributed by atoms with Gasteiger partial charge >= 0.3 is 6.18 Å². The first-order valence-corrected chi connectivity index (χ1v) is 18.4. The molecule has 0 saturated carbocycles. The second kappa shape index (κ2) is 12.0. The molecule has 0 bridgehead atoms. The van der Waals surface area contributed by atoms with Crippen molar-refractivity contribution in [2.45, 2.75) is 51.5 Å². The van der Waals surface area contributed by atoms with E-state index in [1.165, 1.54) is 23.7 Å². The van der Waals surface area contributed by atoms with E-state index in [9.17, 15) is 26.9 Å². The Morgan fingerprint density at radius 3 is 2.49 bits per heavy atom. The molecule has 10 nitrogen and oxygen atoms in total. The minimum atomic E-state index is -4.26. The highest BCUT2D eigenvalue weighted by Gasteiger charge is 2.53. The molecule has 0 unspecified atom stereocenters. The van der Waals surface area contributed by atoms with Crippen LogP contribution in [0.3, 0.4) is 0 Å². The zero-order valence-corrected chi connectivity index (χ0v) is 28.0. The summed E-state index contributed by atoms with van der Waals surface area (Å²) in [5, 5.41) is 15.1. The number of hydrogen-bond acceptors (Lipinski definition) is 9. The molecule has 1 aromatic carbocycles. The maximum absolute atomic E-state index is 12.9. The van der Waals surface area contributed by atoms with Crippen LogP contribution >= 0.6 is 11.3 Å². The first-order valence-electron chi connectivity index (χ1n) is 15.8. The molecule has 0 aliphatic carbocycles. The number of aryl methyl sites for hydroxylation is 1. The Bertz CT molecular complexity index is 1960. The molecule has 47 heavy (non-hydrogen) atoms. The number of halogens is 3. The number of aromatic nitrogens is 3. The Labute approximate surface area is 275 Å². The van der Waals surface area contributed by atoms with Crippen LogP contribution in [0.1, 0.15) is 34.5 Å². The molecule has 4 aromatic rings. The lowest BCUT2D eigenvalue weighted by Gasteiger charge is -2.59. The second-order valence-electron chi connectivity index (χ2n) is 13.5. The van der Waals surface area contributed by atoms with Crippen molar-refractivity contribution in [3.63, 3.8) is 0 Å². The quantitative estimate of drug-likeness (QED) is 0.273. The zero-order chi connectivity index (χ0) is 33.1. The number of hydrogen-bond donors (Lipinski definition) is 1. The van der Waals surface area contributed by atoms with Crippen molar-refractivity contribution < 1.29 is 21.6 Å². The zero-order valence-electron chi connectivity index (χ0n) is 26.3. The van der Waals surface area contributed by atoms with Crippen molar-refractivity contribution in [2.24, 2.45) is 5.41 Å². The predicted octanol–water partition coefficient (Wildman–Crippen LogP) is 4.58. The number of alkyl halides is 3. The lowest BCUT2D eigenvalue weighted by molar-refractivity contribution is -0.126. The number of benzene rings is 1. The van der Waals surface area contributed by atoms with Crippen LogP contribution in [-0.2, 0) is 29.5 Å². The molecule has 3 aliphatic rings. The normalized spacial score (nSPS) is 19.7. The van der Waals surface area contributed by atoms with Gasteiger partial charge in [0.1, 0.15) is 28.7 Å². The molecule has 0 amide bonds. The van der Waals surface area contributed by atoms with Crippen LogP contribution < -0.4 is 5.32 Å². The van der Waals surface area contributed by atoms with Crippen LogP contribution in [-0.4, -0.2) is 101 Å². The maximum atomic E-state index is 12.9. The Hall–Kier alpha value is -3.29. The number of thiophene rings is 1. The lowest BCUT2D eigenvalue weighted by atomic mass is 9.74. The summed E-state index contributed by atoms with van der Waals surface area (Å²) in [6.45, 7) is 9.14. The summed E-state index contributed by atoms with van der Waals surface area (Å²) < 4.78 is 65.9. The summed E-state index contributed by atoms with van der Waals surface area (Å²) in [6.07, 6.45) is -0.795. The van der Waals surface area contributed by atoms with Crippen LogP contribution in [0.2, 0.25) is 0 Å². The molecule has 3 aliphatic heterocycles. The number of nitrogens with one attached hydrogen (secondary N) is 1. The molecule has 15 heteroatoms. The third kappa shape index (κ3) is 6.58. The molecule has 1 spiro atoms. The van der Waals surface area contributed by atoms with E-state index in [0.29, 0.717) is 41.4 Å².